The predicted molar refractivity (Wildman–Crippen MR) is 78.8 cm³/mol. The molecule has 5 heteroatoms. The summed E-state index contributed by atoms with van der Waals surface area (Å²) in [6.45, 7) is 11.2. The van der Waals surface area contributed by atoms with Crippen LogP contribution in [0.15, 0.2) is 9.66 Å². The number of aliphatic hydroxyl groups excluding tert-OH is 1. The van der Waals surface area contributed by atoms with Crippen LogP contribution in [0, 0.1) is 0 Å². The fraction of sp³-hybridized carbons (Fsp3) is 0.833. The molecule has 1 saturated heterocycles. The SMILES string of the molecule is CC(C)(C)[Si](C)(C)O[C@@H]1C=C(I)[C@H](O)[C@H]2O[C@H]21. The summed E-state index contributed by atoms with van der Waals surface area (Å²) in [6.07, 6.45) is 1.63. The van der Waals surface area contributed by atoms with Gasteiger partial charge in [0.1, 0.15) is 18.3 Å². The van der Waals surface area contributed by atoms with Gasteiger partial charge in [-0.25, -0.2) is 0 Å². The molecule has 1 fully saturated rings. The number of hydrogen-bond acceptors (Lipinski definition) is 3. The number of rotatable bonds is 2. The van der Waals surface area contributed by atoms with Crippen LogP contribution < -0.4 is 0 Å². The lowest BCUT2D eigenvalue weighted by Gasteiger charge is -2.39. The minimum Gasteiger partial charge on any atom is -0.408 e. The molecule has 1 aliphatic carbocycles. The van der Waals surface area contributed by atoms with E-state index < -0.39 is 14.4 Å². The lowest BCUT2D eigenvalue weighted by atomic mass is 10.0. The largest absolute Gasteiger partial charge is 0.408 e. The third kappa shape index (κ3) is 2.63. The van der Waals surface area contributed by atoms with Crippen LogP contribution in [0.2, 0.25) is 18.1 Å². The molecular weight excluding hydrogens is 347 g/mol. The summed E-state index contributed by atoms with van der Waals surface area (Å²) in [5, 5.41) is 10.0. The maximum Gasteiger partial charge on any atom is 0.193 e. The van der Waals surface area contributed by atoms with E-state index in [9.17, 15) is 5.11 Å². The van der Waals surface area contributed by atoms with Gasteiger partial charge in [-0.3, -0.25) is 0 Å². The summed E-state index contributed by atoms with van der Waals surface area (Å²) < 4.78 is 12.8. The summed E-state index contributed by atoms with van der Waals surface area (Å²) in [5.74, 6) is 0. The van der Waals surface area contributed by atoms with Gasteiger partial charge in [-0.05, 0) is 46.8 Å². The van der Waals surface area contributed by atoms with Crippen LogP contribution in [0.25, 0.3) is 0 Å². The Bertz CT molecular complexity index is 348. The van der Waals surface area contributed by atoms with Gasteiger partial charge in [-0.1, -0.05) is 20.8 Å². The minimum atomic E-state index is -1.77. The molecular formula is C12H21IO3Si. The lowest BCUT2D eigenvalue weighted by molar-refractivity contribution is 0.174. The van der Waals surface area contributed by atoms with Crippen molar-refractivity contribution in [2.75, 3.05) is 0 Å². The Morgan fingerprint density at radius 1 is 1.35 bits per heavy atom. The molecule has 98 valence electrons. The average Bonchev–Trinajstić information content (AvgIpc) is 2.91. The number of fused-ring (bicyclic) bond motifs is 1. The number of halogens is 1. The smallest absolute Gasteiger partial charge is 0.193 e. The summed E-state index contributed by atoms with van der Waals surface area (Å²) >= 11 is 2.18. The molecule has 0 aromatic rings. The normalized spacial score (nSPS) is 37.5. The van der Waals surface area contributed by atoms with Crippen molar-refractivity contribution in [2.45, 2.75) is 63.3 Å². The topological polar surface area (TPSA) is 42.0 Å². The van der Waals surface area contributed by atoms with Crippen molar-refractivity contribution < 1.29 is 14.3 Å². The van der Waals surface area contributed by atoms with Gasteiger partial charge in [0.15, 0.2) is 8.32 Å². The van der Waals surface area contributed by atoms with E-state index in [0.29, 0.717) is 0 Å². The van der Waals surface area contributed by atoms with E-state index in [-0.39, 0.29) is 23.4 Å². The van der Waals surface area contributed by atoms with Gasteiger partial charge in [0.05, 0.1) is 6.10 Å². The molecule has 0 bridgehead atoms. The number of hydrogen-bond donors (Lipinski definition) is 1. The highest BCUT2D eigenvalue weighted by Crippen LogP contribution is 2.44. The van der Waals surface area contributed by atoms with Crippen LogP contribution in [0.4, 0.5) is 0 Å². The van der Waals surface area contributed by atoms with Gasteiger partial charge in [0.25, 0.3) is 0 Å². The molecule has 0 aromatic carbocycles. The maximum atomic E-state index is 9.82. The highest BCUT2D eigenvalue weighted by molar-refractivity contribution is 14.1. The Hall–Kier alpha value is 0.567. The van der Waals surface area contributed by atoms with Crippen molar-refractivity contribution in [3.8, 4) is 0 Å². The molecule has 0 aromatic heterocycles. The highest BCUT2D eigenvalue weighted by atomic mass is 127. The first kappa shape index (κ1) is 14.0. The van der Waals surface area contributed by atoms with Crippen molar-refractivity contribution in [2.24, 2.45) is 0 Å². The third-order valence-corrected chi connectivity index (χ3v) is 9.51. The van der Waals surface area contributed by atoms with Crippen molar-refractivity contribution in [3.63, 3.8) is 0 Å². The van der Waals surface area contributed by atoms with Crippen LogP contribution in [-0.4, -0.2) is 37.8 Å². The molecule has 1 aliphatic heterocycles. The molecule has 1 heterocycles. The molecule has 0 unspecified atom stereocenters. The molecule has 0 radical (unpaired) electrons. The quantitative estimate of drug-likeness (QED) is 0.463. The first-order valence-corrected chi connectivity index (χ1v) is 10.0. The molecule has 4 atom stereocenters. The van der Waals surface area contributed by atoms with Crippen LogP contribution in [0.3, 0.4) is 0 Å². The van der Waals surface area contributed by atoms with Gasteiger partial charge < -0.3 is 14.3 Å². The Labute approximate surface area is 118 Å². The van der Waals surface area contributed by atoms with Gasteiger partial charge in [-0.15, -0.1) is 0 Å². The number of epoxide rings is 1. The van der Waals surface area contributed by atoms with Crippen molar-refractivity contribution in [1.29, 1.82) is 0 Å². The van der Waals surface area contributed by atoms with Crippen LogP contribution >= 0.6 is 22.6 Å². The summed E-state index contributed by atoms with van der Waals surface area (Å²) in [6, 6.07) is 0. The second-order valence-electron chi connectivity index (χ2n) is 6.40. The van der Waals surface area contributed by atoms with E-state index in [1.807, 2.05) is 6.08 Å². The number of aliphatic hydroxyl groups is 1. The summed E-state index contributed by atoms with van der Waals surface area (Å²) in [4.78, 5) is 0. The van der Waals surface area contributed by atoms with Crippen molar-refractivity contribution in [1.82, 2.24) is 0 Å². The Kier molecular flexibility index (Phi) is 3.54. The van der Waals surface area contributed by atoms with Crippen LogP contribution in [0.1, 0.15) is 20.8 Å². The molecule has 2 rings (SSSR count). The van der Waals surface area contributed by atoms with Gasteiger partial charge in [-0.2, -0.15) is 0 Å². The predicted octanol–water partition coefficient (Wildman–Crippen LogP) is 2.84. The standard InChI is InChI=1S/C12H21IO3Si/c1-12(2,3)17(4,5)16-8-6-7(13)9(14)11-10(8)15-11/h6,8-11,14H,1-5H3/t8-,9+,10+,11-/m1/s1. The first-order valence-electron chi connectivity index (χ1n) is 6.02. The summed E-state index contributed by atoms with van der Waals surface area (Å²) in [7, 11) is -1.77. The first-order chi connectivity index (χ1) is 7.63. The van der Waals surface area contributed by atoms with Crippen molar-refractivity contribution >= 4 is 30.9 Å². The molecule has 17 heavy (non-hydrogen) atoms. The fourth-order valence-corrected chi connectivity index (χ4v) is 3.72. The lowest BCUT2D eigenvalue weighted by Crippen LogP contribution is -2.46. The van der Waals surface area contributed by atoms with E-state index in [1.165, 1.54) is 0 Å². The Balaban J connectivity index is 2.11. The molecule has 1 N–H and O–H groups in total. The second kappa shape index (κ2) is 4.30. The Morgan fingerprint density at radius 2 is 1.94 bits per heavy atom. The van der Waals surface area contributed by atoms with E-state index in [0.717, 1.165) is 3.58 Å². The average molecular weight is 368 g/mol. The van der Waals surface area contributed by atoms with Gasteiger partial charge >= 0.3 is 0 Å². The molecule has 2 aliphatic rings. The van der Waals surface area contributed by atoms with Gasteiger partial charge in [0, 0.05) is 3.58 Å². The fourth-order valence-electron chi connectivity index (χ4n) is 1.78. The third-order valence-electron chi connectivity index (χ3n) is 4.04. The van der Waals surface area contributed by atoms with Crippen LogP contribution in [-0.2, 0) is 9.16 Å². The highest BCUT2D eigenvalue weighted by Gasteiger charge is 2.55. The molecule has 0 amide bonds. The van der Waals surface area contributed by atoms with Crippen molar-refractivity contribution in [3.05, 3.63) is 9.66 Å². The zero-order valence-electron chi connectivity index (χ0n) is 11.0. The molecule has 3 nitrogen and oxygen atoms in total. The molecule has 0 spiro atoms. The Morgan fingerprint density at radius 3 is 2.47 bits per heavy atom. The maximum absolute atomic E-state index is 9.82. The van der Waals surface area contributed by atoms with E-state index in [4.69, 9.17) is 9.16 Å². The second-order valence-corrected chi connectivity index (χ2v) is 12.4. The van der Waals surface area contributed by atoms with Crippen LogP contribution in [0.5, 0.6) is 0 Å². The zero-order chi connectivity index (χ0) is 13.0. The van der Waals surface area contributed by atoms with E-state index >= 15 is 0 Å². The zero-order valence-corrected chi connectivity index (χ0v) is 14.2. The van der Waals surface area contributed by atoms with Gasteiger partial charge in [0.2, 0.25) is 0 Å². The number of ether oxygens (including phenoxy) is 1. The minimum absolute atomic E-state index is 0.0243. The summed E-state index contributed by atoms with van der Waals surface area (Å²) in [5.41, 5.74) is 0. The monoisotopic (exact) mass is 368 g/mol. The molecule has 0 saturated carbocycles. The van der Waals surface area contributed by atoms with E-state index in [1.54, 1.807) is 0 Å². The van der Waals surface area contributed by atoms with E-state index in [2.05, 4.69) is 56.5 Å².